The normalized spacial score (nSPS) is 13.3. The third kappa shape index (κ3) is 4.75. The monoisotopic (exact) mass is 225 g/mol. The summed E-state index contributed by atoms with van der Waals surface area (Å²) < 4.78 is 5.20. The van der Waals surface area contributed by atoms with Crippen LogP contribution in [-0.2, 0) is 12.8 Å². The van der Waals surface area contributed by atoms with Crippen LogP contribution in [0, 0.1) is 11.8 Å². The zero-order chi connectivity index (χ0) is 12.0. The highest BCUT2D eigenvalue weighted by molar-refractivity contribution is 4.87. The molecule has 4 nitrogen and oxygen atoms in total. The average Bonchev–Trinajstić information content (AvgIpc) is 2.62. The molecule has 0 saturated carbocycles. The first-order valence-corrected chi connectivity index (χ1v) is 6.13. The van der Waals surface area contributed by atoms with E-state index in [0.717, 1.165) is 43.9 Å². The second-order valence-electron chi connectivity index (χ2n) is 4.92. The molecule has 0 radical (unpaired) electrons. The van der Waals surface area contributed by atoms with Crippen molar-refractivity contribution in [2.75, 3.05) is 6.54 Å². The van der Waals surface area contributed by atoms with Gasteiger partial charge in [0.25, 0.3) is 0 Å². The van der Waals surface area contributed by atoms with E-state index in [1.54, 1.807) is 0 Å². The van der Waals surface area contributed by atoms with Crippen molar-refractivity contribution in [3.8, 4) is 0 Å². The highest BCUT2D eigenvalue weighted by Gasteiger charge is 2.09. The number of rotatable bonds is 7. The van der Waals surface area contributed by atoms with Crippen LogP contribution < -0.4 is 5.73 Å². The van der Waals surface area contributed by atoms with Crippen LogP contribution in [0.5, 0.6) is 0 Å². The van der Waals surface area contributed by atoms with Gasteiger partial charge in [-0.1, -0.05) is 25.9 Å². The Kier molecular flexibility index (Phi) is 5.46. The molecule has 1 unspecified atom stereocenters. The van der Waals surface area contributed by atoms with Gasteiger partial charge in [-0.05, 0) is 31.2 Å². The SMILES string of the molecule is CC(C)Cc1noc(CCC(C)CCN)n1. The fourth-order valence-corrected chi connectivity index (χ4v) is 1.64. The van der Waals surface area contributed by atoms with Crippen LogP contribution in [0.3, 0.4) is 0 Å². The van der Waals surface area contributed by atoms with Crippen molar-refractivity contribution in [3.05, 3.63) is 11.7 Å². The Morgan fingerprint density at radius 3 is 2.62 bits per heavy atom. The van der Waals surface area contributed by atoms with Crippen molar-refractivity contribution < 1.29 is 4.52 Å². The number of aromatic nitrogens is 2. The molecule has 1 aromatic rings. The predicted octanol–water partition coefficient (Wildman–Crippen LogP) is 2.19. The van der Waals surface area contributed by atoms with Crippen molar-refractivity contribution in [2.45, 2.75) is 46.5 Å². The molecule has 1 heterocycles. The van der Waals surface area contributed by atoms with E-state index in [1.165, 1.54) is 0 Å². The minimum atomic E-state index is 0.571. The second-order valence-corrected chi connectivity index (χ2v) is 4.92. The Morgan fingerprint density at radius 1 is 1.25 bits per heavy atom. The number of hydrogen-bond donors (Lipinski definition) is 1. The lowest BCUT2D eigenvalue weighted by Gasteiger charge is -2.06. The van der Waals surface area contributed by atoms with Gasteiger partial charge in [-0.25, -0.2) is 0 Å². The summed E-state index contributed by atoms with van der Waals surface area (Å²) in [5.74, 6) is 2.79. The maximum absolute atomic E-state index is 5.51. The first-order chi connectivity index (χ1) is 7.61. The minimum Gasteiger partial charge on any atom is -0.339 e. The number of nitrogens with two attached hydrogens (primary N) is 1. The maximum atomic E-state index is 5.51. The lowest BCUT2D eigenvalue weighted by molar-refractivity contribution is 0.356. The van der Waals surface area contributed by atoms with Gasteiger partial charge in [0.05, 0.1) is 0 Å². The summed E-state index contributed by atoms with van der Waals surface area (Å²) in [6.45, 7) is 7.26. The van der Waals surface area contributed by atoms with E-state index in [1.807, 2.05) is 0 Å². The standard InChI is InChI=1S/C12H23N3O/c1-9(2)8-11-14-12(16-15-11)5-4-10(3)6-7-13/h9-10H,4-8,13H2,1-3H3. The largest absolute Gasteiger partial charge is 0.339 e. The van der Waals surface area contributed by atoms with E-state index in [2.05, 4.69) is 30.9 Å². The molecule has 0 aromatic carbocycles. The molecule has 1 aromatic heterocycles. The molecule has 92 valence electrons. The van der Waals surface area contributed by atoms with Crippen molar-refractivity contribution in [2.24, 2.45) is 17.6 Å². The van der Waals surface area contributed by atoms with Crippen LogP contribution in [0.2, 0.25) is 0 Å². The van der Waals surface area contributed by atoms with Crippen LogP contribution in [0.4, 0.5) is 0 Å². The molecule has 0 spiro atoms. The predicted molar refractivity (Wildman–Crippen MR) is 64.0 cm³/mol. The van der Waals surface area contributed by atoms with Crippen molar-refractivity contribution in [1.82, 2.24) is 10.1 Å². The van der Waals surface area contributed by atoms with Crippen molar-refractivity contribution in [3.63, 3.8) is 0 Å². The number of nitrogens with zero attached hydrogens (tertiary/aromatic N) is 2. The van der Waals surface area contributed by atoms with Gasteiger partial charge in [-0.3, -0.25) is 0 Å². The zero-order valence-electron chi connectivity index (χ0n) is 10.6. The molecule has 0 bridgehead atoms. The molecule has 0 amide bonds. The Morgan fingerprint density at radius 2 is 2.00 bits per heavy atom. The summed E-state index contributed by atoms with van der Waals surface area (Å²) in [5, 5.41) is 3.97. The highest BCUT2D eigenvalue weighted by Crippen LogP contribution is 2.12. The van der Waals surface area contributed by atoms with Crippen molar-refractivity contribution >= 4 is 0 Å². The van der Waals surface area contributed by atoms with Crippen LogP contribution in [-0.4, -0.2) is 16.7 Å². The lowest BCUT2D eigenvalue weighted by Crippen LogP contribution is -2.06. The van der Waals surface area contributed by atoms with Crippen LogP contribution in [0.25, 0.3) is 0 Å². The summed E-state index contributed by atoms with van der Waals surface area (Å²) >= 11 is 0. The van der Waals surface area contributed by atoms with E-state index >= 15 is 0 Å². The highest BCUT2D eigenvalue weighted by atomic mass is 16.5. The molecular weight excluding hydrogens is 202 g/mol. The maximum Gasteiger partial charge on any atom is 0.226 e. The molecular formula is C12H23N3O. The molecule has 16 heavy (non-hydrogen) atoms. The number of aryl methyl sites for hydroxylation is 1. The minimum absolute atomic E-state index is 0.571. The fraction of sp³-hybridized carbons (Fsp3) is 0.833. The van der Waals surface area contributed by atoms with Crippen LogP contribution in [0.1, 0.15) is 45.3 Å². The summed E-state index contributed by atoms with van der Waals surface area (Å²) in [6, 6.07) is 0. The second kappa shape index (κ2) is 6.63. The molecule has 2 N–H and O–H groups in total. The van der Waals surface area contributed by atoms with Gasteiger partial charge < -0.3 is 10.3 Å². The quantitative estimate of drug-likeness (QED) is 0.772. The van der Waals surface area contributed by atoms with E-state index in [9.17, 15) is 0 Å². The Hall–Kier alpha value is -0.900. The third-order valence-corrected chi connectivity index (χ3v) is 2.61. The van der Waals surface area contributed by atoms with Crippen LogP contribution >= 0.6 is 0 Å². The Labute approximate surface area is 97.6 Å². The smallest absolute Gasteiger partial charge is 0.226 e. The van der Waals surface area contributed by atoms with Gasteiger partial charge in [-0.2, -0.15) is 4.98 Å². The number of hydrogen-bond acceptors (Lipinski definition) is 4. The van der Waals surface area contributed by atoms with Gasteiger partial charge in [0, 0.05) is 12.8 Å². The summed E-state index contributed by atoms with van der Waals surface area (Å²) in [7, 11) is 0. The van der Waals surface area contributed by atoms with Crippen molar-refractivity contribution in [1.29, 1.82) is 0 Å². The summed E-state index contributed by atoms with van der Waals surface area (Å²) in [6.07, 6.45) is 3.89. The molecule has 0 aliphatic rings. The molecule has 4 heteroatoms. The first-order valence-electron chi connectivity index (χ1n) is 6.13. The van der Waals surface area contributed by atoms with E-state index < -0.39 is 0 Å². The molecule has 0 fully saturated rings. The topological polar surface area (TPSA) is 64.9 Å². The van der Waals surface area contributed by atoms with Gasteiger partial charge in [0.1, 0.15) is 0 Å². The van der Waals surface area contributed by atoms with Gasteiger partial charge in [-0.15, -0.1) is 0 Å². The summed E-state index contributed by atoms with van der Waals surface area (Å²) in [4.78, 5) is 4.37. The molecule has 0 saturated heterocycles. The fourth-order valence-electron chi connectivity index (χ4n) is 1.64. The molecule has 0 aliphatic heterocycles. The summed E-state index contributed by atoms with van der Waals surface area (Å²) in [5.41, 5.74) is 5.51. The van der Waals surface area contributed by atoms with E-state index in [4.69, 9.17) is 10.3 Å². The molecule has 1 rings (SSSR count). The Bertz CT molecular complexity index is 296. The lowest BCUT2D eigenvalue weighted by atomic mass is 10.0. The molecule has 1 atom stereocenters. The van der Waals surface area contributed by atoms with Gasteiger partial charge in [0.15, 0.2) is 5.82 Å². The third-order valence-electron chi connectivity index (χ3n) is 2.61. The van der Waals surface area contributed by atoms with Gasteiger partial charge >= 0.3 is 0 Å². The average molecular weight is 225 g/mol. The van der Waals surface area contributed by atoms with E-state index in [0.29, 0.717) is 11.8 Å². The Balaban J connectivity index is 2.34. The zero-order valence-corrected chi connectivity index (χ0v) is 10.6. The van der Waals surface area contributed by atoms with Crippen LogP contribution in [0.15, 0.2) is 4.52 Å². The first kappa shape index (κ1) is 13.2. The van der Waals surface area contributed by atoms with E-state index in [-0.39, 0.29) is 0 Å². The molecule has 0 aliphatic carbocycles. The van der Waals surface area contributed by atoms with Gasteiger partial charge in [0.2, 0.25) is 5.89 Å².